The highest BCUT2D eigenvalue weighted by Crippen LogP contribution is 2.34. The standard InChI is InChI=1S/C16H17F3N4O2S/c1-10-7-14(16(17,18)19)22-23(10)6-2-5-20-15(26)21-11-3-4-12-13(8-11)25-9-24-12/h3-4,7-8H,2,5-6,9H2,1H3,(H2,20,21,26). The summed E-state index contributed by atoms with van der Waals surface area (Å²) in [4.78, 5) is 0. The van der Waals surface area contributed by atoms with Gasteiger partial charge < -0.3 is 20.1 Å². The first-order valence-electron chi connectivity index (χ1n) is 7.89. The van der Waals surface area contributed by atoms with Gasteiger partial charge in [-0.25, -0.2) is 0 Å². The van der Waals surface area contributed by atoms with Crippen LogP contribution in [0.1, 0.15) is 17.8 Å². The molecule has 0 spiro atoms. The van der Waals surface area contributed by atoms with Gasteiger partial charge in [0.15, 0.2) is 22.3 Å². The van der Waals surface area contributed by atoms with Crippen molar-refractivity contribution in [1.82, 2.24) is 15.1 Å². The third-order valence-electron chi connectivity index (χ3n) is 3.73. The largest absolute Gasteiger partial charge is 0.454 e. The fraction of sp³-hybridized carbons (Fsp3) is 0.375. The summed E-state index contributed by atoms with van der Waals surface area (Å²) in [6.07, 6.45) is -3.85. The van der Waals surface area contributed by atoms with Crippen LogP contribution in [0.2, 0.25) is 0 Å². The van der Waals surface area contributed by atoms with E-state index in [0.29, 0.717) is 41.8 Å². The van der Waals surface area contributed by atoms with Crippen molar-refractivity contribution in [3.05, 3.63) is 35.7 Å². The second-order valence-electron chi connectivity index (χ2n) is 5.69. The minimum Gasteiger partial charge on any atom is -0.454 e. The van der Waals surface area contributed by atoms with Gasteiger partial charge in [0.1, 0.15) is 0 Å². The first-order valence-corrected chi connectivity index (χ1v) is 8.30. The lowest BCUT2D eigenvalue weighted by Crippen LogP contribution is -2.29. The van der Waals surface area contributed by atoms with Crippen molar-refractivity contribution in [2.75, 3.05) is 18.7 Å². The third-order valence-corrected chi connectivity index (χ3v) is 3.98. The second kappa shape index (κ2) is 7.40. The number of halogens is 3. The Morgan fingerprint density at radius 2 is 2.04 bits per heavy atom. The van der Waals surface area contributed by atoms with Crippen molar-refractivity contribution in [3.63, 3.8) is 0 Å². The number of anilines is 1. The molecule has 0 radical (unpaired) electrons. The minimum absolute atomic E-state index is 0.199. The van der Waals surface area contributed by atoms with Gasteiger partial charge in [-0.3, -0.25) is 4.68 Å². The maximum absolute atomic E-state index is 12.6. The van der Waals surface area contributed by atoms with Gasteiger partial charge in [0, 0.05) is 30.5 Å². The van der Waals surface area contributed by atoms with Gasteiger partial charge in [-0.15, -0.1) is 0 Å². The number of rotatable bonds is 5. The van der Waals surface area contributed by atoms with Gasteiger partial charge in [-0.1, -0.05) is 0 Å². The molecule has 3 rings (SSSR count). The van der Waals surface area contributed by atoms with E-state index in [-0.39, 0.29) is 6.79 Å². The molecule has 1 aliphatic heterocycles. The number of hydrogen-bond donors (Lipinski definition) is 2. The van der Waals surface area contributed by atoms with Crippen LogP contribution in [0.3, 0.4) is 0 Å². The number of ether oxygens (including phenoxy) is 2. The molecule has 0 saturated carbocycles. The molecule has 6 nitrogen and oxygen atoms in total. The van der Waals surface area contributed by atoms with Crippen LogP contribution in [0, 0.1) is 6.92 Å². The first-order chi connectivity index (χ1) is 12.3. The Kier molecular flexibility index (Phi) is 5.21. The van der Waals surface area contributed by atoms with Crippen molar-refractivity contribution in [1.29, 1.82) is 0 Å². The average molecular weight is 386 g/mol. The molecule has 0 aliphatic carbocycles. The molecule has 0 atom stereocenters. The molecule has 1 aromatic carbocycles. The molecule has 1 aromatic heterocycles. The van der Waals surface area contributed by atoms with E-state index in [0.717, 1.165) is 11.8 Å². The molecule has 26 heavy (non-hydrogen) atoms. The monoisotopic (exact) mass is 386 g/mol. The molecule has 0 amide bonds. The van der Waals surface area contributed by atoms with E-state index >= 15 is 0 Å². The number of benzene rings is 1. The maximum Gasteiger partial charge on any atom is 0.435 e. The summed E-state index contributed by atoms with van der Waals surface area (Å²) in [5, 5.41) is 10.0. The maximum atomic E-state index is 12.6. The molecule has 1 aliphatic rings. The van der Waals surface area contributed by atoms with Crippen LogP contribution in [0.5, 0.6) is 11.5 Å². The molecule has 140 valence electrons. The van der Waals surface area contributed by atoms with E-state index in [1.807, 2.05) is 6.07 Å². The third kappa shape index (κ3) is 4.37. The van der Waals surface area contributed by atoms with Gasteiger partial charge in [0.05, 0.1) is 0 Å². The van der Waals surface area contributed by atoms with E-state index in [2.05, 4.69) is 15.7 Å². The summed E-state index contributed by atoms with van der Waals surface area (Å²) < 4.78 is 49.8. The van der Waals surface area contributed by atoms with E-state index in [1.54, 1.807) is 19.1 Å². The Morgan fingerprint density at radius 3 is 2.77 bits per heavy atom. The SMILES string of the molecule is Cc1cc(C(F)(F)F)nn1CCCNC(=S)Nc1ccc2c(c1)OCO2. The van der Waals surface area contributed by atoms with Crippen LogP contribution >= 0.6 is 12.2 Å². The highest BCUT2D eigenvalue weighted by Gasteiger charge is 2.34. The molecule has 0 unspecified atom stereocenters. The Bertz CT molecular complexity index is 807. The van der Waals surface area contributed by atoms with E-state index in [9.17, 15) is 13.2 Å². The summed E-state index contributed by atoms with van der Waals surface area (Å²) in [6.45, 7) is 2.66. The quantitative estimate of drug-likeness (QED) is 0.607. The first kappa shape index (κ1) is 18.3. The molecular formula is C16H17F3N4O2S. The number of aromatic nitrogens is 2. The normalized spacial score (nSPS) is 12.9. The lowest BCUT2D eigenvalue weighted by atomic mass is 10.3. The number of alkyl halides is 3. The van der Waals surface area contributed by atoms with Crippen LogP contribution in [0.4, 0.5) is 18.9 Å². The van der Waals surface area contributed by atoms with Gasteiger partial charge in [-0.2, -0.15) is 18.3 Å². The lowest BCUT2D eigenvalue weighted by molar-refractivity contribution is -0.141. The molecular weight excluding hydrogens is 369 g/mol. The smallest absolute Gasteiger partial charge is 0.435 e. The van der Waals surface area contributed by atoms with Crippen molar-refractivity contribution in [2.45, 2.75) is 26.1 Å². The summed E-state index contributed by atoms with van der Waals surface area (Å²) in [5.41, 5.74) is 0.353. The summed E-state index contributed by atoms with van der Waals surface area (Å²) in [7, 11) is 0. The fourth-order valence-electron chi connectivity index (χ4n) is 2.46. The Hall–Kier alpha value is -2.49. The highest BCUT2D eigenvalue weighted by atomic mass is 32.1. The van der Waals surface area contributed by atoms with Crippen LogP contribution in [-0.2, 0) is 12.7 Å². The van der Waals surface area contributed by atoms with Crippen LogP contribution < -0.4 is 20.1 Å². The fourth-order valence-corrected chi connectivity index (χ4v) is 2.68. The van der Waals surface area contributed by atoms with Gasteiger partial charge in [0.2, 0.25) is 6.79 Å². The lowest BCUT2D eigenvalue weighted by Gasteiger charge is -2.11. The highest BCUT2D eigenvalue weighted by molar-refractivity contribution is 7.80. The van der Waals surface area contributed by atoms with Crippen molar-refractivity contribution in [3.8, 4) is 11.5 Å². The number of nitrogens with one attached hydrogen (secondary N) is 2. The Morgan fingerprint density at radius 1 is 1.27 bits per heavy atom. The molecule has 0 bridgehead atoms. The zero-order chi connectivity index (χ0) is 18.7. The van der Waals surface area contributed by atoms with Gasteiger partial charge >= 0.3 is 6.18 Å². The van der Waals surface area contributed by atoms with Crippen LogP contribution in [0.25, 0.3) is 0 Å². The molecule has 2 aromatic rings. The number of aryl methyl sites for hydroxylation is 2. The van der Waals surface area contributed by atoms with Crippen molar-refractivity contribution < 1.29 is 22.6 Å². The topological polar surface area (TPSA) is 60.3 Å². The average Bonchev–Trinajstić information content (AvgIpc) is 3.17. The minimum atomic E-state index is -4.43. The number of thiocarbonyl (C=S) groups is 1. The predicted molar refractivity (Wildman–Crippen MR) is 93.4 cm³/mol. The molecule has 0 fully saturated rings. The molecule has 2 heterocycles. The zero-order valence-electron chi connectivity index (χ0n) is 13.9. The molecule has 0 saturated heterocycles. The van der Waals surface area contributed by atoms with Crippen LogP contribution in [0.15, 0.2) is 24.3 Å². The summed E-state index contributed by atoms with van der Waals surface area (Å²) >= 11 is 5.21. The van der Waals surface area contributed by atoms with E-state index in [4.69, 9.17) is 21.7 Å². The summed E-state index contributed by atoms with van der Waals surface area (Å²) in [5.74, 6) is 1.33. The number of hydrogen-bond acceptors (Lipinski definition) is 4. The Balaban J connectivity index is 1.44. The van der Waals surface area contributed by atoms with Gasteiger partial charge in [0.25, 0.3) is 0 Å². The molecule has 2 N–H and O–H groups in total. The van der Waals surface area contributed by atoms with E-state index < -0.39 is 11.9 Å². The van der Waals surface area contributed by atoms with Crippen molar-refractivity contribution >= 4 is 23.0 Å². The number of nitrogens with zero attached hydrogens (tertiary/aromatic N) is 2. The molecule has 10 heteroatoms. The number of fused-ring (bicyclic) bond motifs is 1. The predicted octanol–water partition coefficient (Wildman–Crippen LogP) is 3.32. The van der Waals surface area contributed by atoms with Crippen molar-refractivity contribution in [2.24, 2.45) is 0 Å². The second-order valence-corrected chi connectivity index (χ2v) is 6.10. The van der Waals surface area contributed by atoms with E-state index in [1.165, 1.54) is 4.68 Å². The summed E-state index contributed by atoms with van der Waals surface area (Å²) in [6, 6.07) is 6.42. The van der Waals surface area contributed by atoms with Crippen LogP contribution in [-0.4, -0.2) is 28.2 Å². The van der Waals surface area contributed by atoms with Gasteiger partial charge in [-0.05, 0) is 43.8 Å². The Labute approximate surface area is 153 Å². The zero-order valence-corrected chi connectivity index (χ0v) is 14.7.